The number of benzene rings is 3. The molecule has 198 valence electrons. The molecule has 1 aliphatic rings. The molecule has 0 amide bonds. The summed E-state index contributed by atoms with van der Waals surface area (Å²) in [4.78, 5) is 2.38. The first-order chi connectivity index (χ1) is 18.0. The predicted molar refractivity (Wildman–Crippen MR) is 144 cm³/mol. The number of halogens is 2. The van der Waals surface area contributed by atoms with Gasteiger partial charge in [-0.25, -0.2) is 8.78 Å². The number of anilines is 1. The van der Waals surface area contributed by atoms with Crippen LogP contribution in [-0.4, -0.2) is 62.0 Å². The second-order valence-corrected chi connectivity index (χ2v) is 9.62. The van der Waals surface area contributed by atoms with Gasteiger partial charge in [0.25, 0.3) is 0 Å². The molecule has 3 aromatic carbocycles. The zero-order valence-electron chi connectivity index (χ0n) is 21.4. The lowest BCUT2D eigenvalue weighted by Crippen LogP contribution is -2.53. The summed E-state index contributed by atoms with van der Waals surface area (Å²) in [7, 11) is 1.64. The van der Waals surface area contributed by atoms with Gasteiger partial charge in [-0.3, -0.25) is 4.90 Å². The van der Waals surface area contributed by atoms with E-state index in [2.05, 4.69) is 15.5 Å². The lowest BCUT2D eigenvalue weighted by Gasteiger charge is -2.38. The number of aliphatic hydroxyl groups is 1. The van der Waals surface area contributed by atoms with Crippen molar-refractivity contribution in [3.8, 4) is 5.75 Å². The van der Waals surface area contributed by atoms with Crippen LogP contribution < -0.4 is 15.4 Å². The number of nitrogens with zero attached hydrogens (tertiary/aromatic N) is 1. The van der Waals surface area contributed by atoms with Crippen LogP contribution in [-0.2, 0) is 0 Å². The molecule has 1 saturated heterocycles. The molecule has 3 N–H and O–H groups in total. The van der Waals surface area contributed by atoms with E-state index in [0.717, 1.165) is 68.0 Å². The van der Waals surface area contributed by atoms with E-state index >= 15 is 0 Å². The molecule has 3 aromatic rings. The number of hydrogen-bond donors (Lipinski definition) is 3. The van der Waals surface area contributed by atoms with E-state index in [1.54, 1.807) is 7.11 Å². The van der Waals surface area contributed by atoms with E-state index in [4.69, 9.17) is 4.74 Å². The van der Waals surface area contributed by atoms with E-state index in [1.807, 2.05) is 48.5 Å². The monoisotopic (exact) mass is 509 g/mol. The summed E-state index contributed by atoms with van der Waals surface area (Å²) in [5, 5.41) is 18.0. The first-order valence-electron chi connectivity index (χ1n) is 13.0. The largest absolute Gasteiger partial charge is 0.497 e. The highest BCUT2D eigenvalue weighted by Gasteiger charge is 2.27. The molecule has 1 heterocycles. The Balaban J connectivity index is 1.43. The molecule has 37 heavy (non-hydrogen) atoms. The molecule has 0 bridgehead atoms. The van der Waals surface area contributed by atoms with E-state index in [0.29, 0.717) is 6.54 Å². The van der Waals surface area contributed by atoms with Crippen LogP contribution in [0.1, 0.15) is 36.3 Å². The molecule has 0 spiro atoms. The molecule has 7 heteroatoms. The van der Waals surface area contributed by atoms with Crippen molar-refractivity contribution in [2.75, 3.05) is 45.2 Å². The highest BCUT2D eigenvalue weighted by atomic mass is 19.1. The van der Waals surface area contributed by atoms with Crippen molar-refractivity contribution in [3.05, 3.63) is 95.6 Å². The fraction of sp³-hybridized carbons (Fsp3) is 0.400. The van der Waals surface area contributed by atoms with Crippen molar-refractivity contribution in [2.24, 2.45) is 0 Å². The maximum absolute atomic E-state index is 13.6. The van der Waals surface area contributed by atoms with Gasteiger partial charge in [0.05, 0.1) is 13.2 Å². The van der Waals surface area contributed by atoms with Crippen LogP contribution in [0.5, 0.6) is 5.75 Å². The molecule has 2 unspecified atom stereocenters. The third-order valence-corrected chi connectivity index (χ3v) is 7.21. The van der Waals surface area contributed by atoms with Gasteiger partial charge in [0, 0.05) is 50.4 Å². The number of ether oxygens (including phenoxy) is 1. The normalized spacial score (nSPS) is 15.9. The fourth-order valence-corrected chi connectivity index (χ4v) is 5.15. The average Bonchev–Trinajstić information content (AvgIpc) is 2.94. The summed E-state index contributed by atoms with van der Waals surface area (Å²) in [5.41, 5.74) is 2.95. The summed E-state index contributed by atoms with van der Waals surface area (Å²) in [5.74, 6) is 0.279. The van der Waals surface area contributed by atoms with E-state index in [1.165, 1.54) is 24.3 Å². The molecule has 5 nitrogen and oxygen atoms in total. The zero-order chi connectivity index (χ0) is 26.0. The van der Waals surface area contributed by atoms with Crippen LogP contribution in [0.15, 0.2) is 72.8 Å². The number of methoxy groups -OCH3 is 1. The van der Waals surface area contributed by atoms with Crippen molar-refractivity contribution < 1.29 is 18.6 Å². The van der Waals surface area contributed by atoms with Crippen LogP contribution in [0.25, 0.3) is 0 Å². The highest BCUT2D eigenvalue weighted by Crippen LogP contribution is 2.31. The minimum Gasteiger partial charge on any atom is -0.497 e. The van der Waals surface area contributed by atoms with Gasteiger partial charge in [-0.1, -0.05) is 30.7 Å². The summed E-state index contributed by atoms with van der Waals surface area (Å²) < 4.78 is 32.4. The molecule has 0 aromatic heterocycles. The van der Waals surface area contributed by atoms with Gasteiger partial charge in [0.2, 0.25) is 0 Å². The van der Waals surface area contributed by atoms with Gasteiger partial charge in [-0.15, -0.1) is 0 Å². The molecule has 1 fully saturated rings. The Morgan fingerprint density at radius 3 is 1.97 bits per heavy atom. The smallest absolute Gasteiger partial charge is 0.123 e. The van der Waals surface area contributed by atoms with Crippen LogP contribution in [0.4, 0.5) is 14.5 Å². The predicted octanol–water partition coefficient (Wildman–Crippen LogP) is 5.02. The summed E-state index contributed by atoms with van der Waals surface area (Å²) in [6.45, 7) is 4.04. The van der Waals surface area contributed by atoms with Gasteiger partial charge in [0.15, 0.2) is 0 Å². The van der Waals surface area contributed by atoms with Crippen LogP contribution in [0.2, 0.25) is 0 Å². The van der Waals surface area contributed by atoms with Gasteiger partial charge in [-0.2, -0.15) is 0 Å². The maximum atomic E-state index is 13.6. The Labute approximate surface area is 218 Å². The molecule has 1 aliphatic heterocycles. The summed E-state index contributed by atoms with van der Waals surface area (Å²) in [6.07, 6.45) is 1.96. The molecule has 0 saturated carbocycles. The molecular formula is C30H37F2N3O2. The molecule has 2 atom stereocenters. The molecule has 4 rings (SSSR count). The number of piperazine rings is 1. The maximum Gasteiger partial charge on any atom is 0.123 e. The quantitative estimate of drug-likeness (QED) is 0.320. The second kappa shape index (κ2) is 13.5. The number of rotatable bonds is 12. The minimum absolute atomic E-state index is 0.00920. The third kappa shape index (κ3) is 7.74. The van der Waals surface area contributed by atoms with Gasteiger partial charge in [0.1, 0.15) is 17.4 Å². The Morgan fingerprint density at radius 2 is 1.43 bits per heavy atom. The Morgan fingerprint density at radius 1 is 0.865 bits per heavy atom. The van der Waals surface area contributed by atoms with Crippen molar-refractivity contribution in [1.82, 2.24) is 10.2 Å². The van der Waals surface area contributed by atoms with Crippen molar-refractivity contribution in [1.29, 1.82) is 0 Å². The van der Waals surface area contributed by atoms with E-state index in [9.17, 15) is 13.9 Å². The first-order valence-corrected chi connectivity index (χ1v) is 13.0. The second-order valence-electron chi connectivity index (χ2n) is 9.62. The van der Waals surface area contributed by atoms with Crippen molar-refractivity contribution in [3.63, 3.8) is 0 Å². The third-order valence-electron chi connectivity index (χ3n) is 7.21. The molecular weight excluding hydrogens is 472 g/mol. The summed E-state index contributed by atoms with van der Waals surface area (Å²) >= 11 is 0. The number of hydrogen-bond acceptors (Lipinski definition) is 5. The molecule has 0 radical (unpaired) electrons. The topological polar surface area (TPSA) is 56.8 Å². The standard InChI is InChI=1S/C30H37F2N3O2/c1-37-27-15-13-26(14-16-27)34-21-30(36)29(35-19-17-33-18-20-35)4-2-3-28(22-5-9-24(31)10-6-22)23-7-11-25(32)12-8-23/h5-16,28-30,33-34,36H,2-4,17-21H2,1H3. The number of nitrogens with one attached hydrogen (secondary N) is 2. The average molecular weight is 510 g/mol. The Kier molecular flexibility index (Phi) is 9.88. The van der Waals surface area contributed by atoms with Gasteiger partial charge >= 0.3 is 0 Å². The van der Waals surface area contributed by atoms with Crippen LogP contribution in [0.3, 0.4) is 0 Å². The van der Waals surface area contributed by atoms with Crippen molar-refractivity contribution in [2.45, 2.75) is 37.3 Å². The van der Waals surface area contributed by atoms with Gasteiger partial charge < -0.3 is 20.5 Å². The first kappa shape index (κ1) is 27.0. The van der Waals surface area contributed by atoms with Crippen molar-refractivity contribution >= 4 is 5.69 Å². The van der Waals surface area contributed by atoms with E-state index < -0.39 is 6.10 Å². The lowest BCUT2D eigenvalue weighted by atomic mass is 9.86. The minimum atomic E-state index is -0.546. The van der Waals surface area contributed by atoms with Gasteiger partial charge in [-0.05, 0) is 72.5 Å². The summed E-state index contributed by atoms with van der Waals surface area (Å²) in [6, 6.07) is 20.8. The zero-order valence-corrected chi connectivity index (χ0v) is 21.4. The Bertz CT molecular complexity index is 1030. The lowest BCUT2D eigenvalue weighted by molar-refractivity contribution is 0.0433. The highest BCUT2D eigenvalue weighted by molar-refractivity contribution is 5.46. The number of aliphatic hydroxyl groups excluding tert-OH is 1. The fourth-order valence-electron chi connectivity index (χ4n) is 5.15. The van der Waals surface area contributed by atoms with Crippen LogP contribution in [0, 0.1) is 11.6 Å². The molecule has 0 aliphatic carbocycles. The van der Waals surface area contributed by atoms with E-state index in [-0.39, 0.29) is 23.6 Å². The Hall–Kier alpha value is -3.00. The van der Waals surface area contributed by atoms with Crippen LogP contribution >= 0.6 is 0 Å². The SMILES string of the molecule is COc1ccc(NCC(O)C(CCCC(c2ccc(F)cc2)c2ccc(F)cc2)N2CCNCC2)cc1.